The lowest BCUT2D eigenvalue weighted by Gasteiger charge is -2.05. The Kier molecular flexibility index (Phi) is 6.80. The number of ketones is 2. The molecule has 0 radical (unpaired) electrons. The highest BCUT2D eigenvalue weighted by atomic mass is 32.2. The fourth-order valence-corrected chi connectivity index (χ4v) is 2.98. The van der Waals surface area contributed by atoms with Crippen LogP contribution < -0.4 is 0 Å². The van der Waals surface area contributed by atoms with E-state index in [0.29, 0.717) is 11.1 Å². The van der Waals surface area contributed by atoms with E-state index in [9.17, 15) is 14.4 Å². The Morgan fingerprint density at radius 3 is 2.23 bits per heavy atom. The maximum absolute atomic E-state index is 12.2. The number of aryl methyl sites for hydroxylation is 1. The molecule has 2 aromatic rings. The van der Waals surface area contributed by atoms with Crippen LogP contribution in [0, 0.1) is 13.8 Å². The minimum Gasteiger partial charge on any atom is -0.457 e. The van der Waals surface area contributed by atoms with E-state index in [0.717, 1.165) is 16.3 Å². The zero-order valence-corrected chi connectivity index (χ0v) is 16.3. The van der Waals surface area contributed by atoms with Gasteiger partial charge in [-0.05, 0) is 38.3 Å². The summed E-state index contributed by atoms with van der Waals surface area (Å²) in [4.78, 5) is 37.2. The van der Waals surface area contributed by atoms with Gasteiger partial charge in [-0.1, -0.05) is 12.1 Å². The van der Waals surface area contributed by atoms with Gasteiger partial charge in [0, 0.05) is 40.9 Å². The first kappa shape index (κ1) is 20.0. The van der Waals surface area contributed by atoms with Crippen LogP contribution in [-0.2, 0) is 16.6 Å². The van der Waals surface area contributed by atoms with Crippen molar-refractivity contribution in [2.24, 2.45) is 7.05 Å². The number of hydrogen-bond acceptors (Lipinski definition) is 5. The number of benzene rings is 1. The van der Waals surface area contributed by atoms with Crippen LogP contribution in [0.25, 0.3) is 0 Å². The summed E-state index contributed by atoms with van der Waals surface area (Å²) in [6.07, 6.45) is 1.99. The molecular formula is C20H23NO4S. The van der Waals surface area contributed by atoms with Crippen molar-refractivity contribution in [3.05, 3.63) is 52.8 Å². The second-order valence-electron chi connectivity index (χ2n) is 6.08. The monoisotopic (exact) mass is 373 g/mol. The third-order valence-corrected chi connectivity index (χ3v) is 5.15. The Balaban J connectivity index is 1.82. The number of Topliss-reactive ketones (excluding diaryl/α,β-unsaturated/α-hetero) is 2. The van der Waals surface area contributed by atoms with Gasteiger partial charge in [0.05, 0.1) is 6.42 Å². The molecule has 0 atom stereocenters. The highest BCUT2D eigenvalue weighted by Gasteiger charge is 2.16. The topological polar surface area (TPSA) is 65.4 Å². The summed E-state index contributed by atoms with van der Waals surface area (Å²) in [5.74, 6) is -0.897. The molecule has 0 bridgehead atoms. The zero-order chi connectivity index (χ0) is 19.3. The lowest BCUT2D eigenvalue weighted by molar-refractivity contribution is -0.142. The molecular weight excluding hydrogens is 350 g/mol. The van der Waals surface area contributed by atoms with Gasteiger partial charge in [0.1, 0.15) is 0 Å². The third kappa shape index (κ3) is 4.85. The van der Waals surface area contributed by atoms with Crippen LogP contribution in [0.5, 0.6) is 0 Å². The zero-order valence-electron chi connectivity index (χ0n) is 15.5. The molecule has 0 saturated carbocycles. The standard InChI is InChI=1S/C20H23NO4S/c1-13-11-17(14(2)21(13)3)19(23)12-25-20(24)10-9-18(22)15-5-7-16(26-4)8-6-15/h5-8,11H,9-10,12H2,1-4H3. The number of nitrogens with zero attached hydrogens (tertiary/aromatic N) is 1. The summed E-state index contributed by atoms with van der Waals surface area (Å²) >= 11 is 1.60. The smallest absolute Gasteiger partial charge is 0.306 e. The van der Waals surface area contributed by atoms with Crippen molar-refractivity contribution in [2.45, 2.75) is 31.6 Å². The van der Waals surface area contributed by atoms with Crippen molar-refractivity contribution in [1.82, 2.24) is 4.57 Å². The number of esters is 1. The quantitative estimate of drug-likeness (QED) is 0.400. The second kappa shape index (κ2) is 8.85. The summed E-state index contributed by atoms with van der Waals surface area (Å²) in [5, 5.41) is 0. The average molecular weight is 373 g/mol. The number of carbonyl (C=O) groups excluding carboxylic acids is 3. The van der Waals surface area contributed by atoms with Crippen molar-refractivity contribution in [3.8, 4) is 0 Å². The van der Waals surface area contributed by atoms with Crippen molar-refractivity contribution in [2.75, 3.05) is 12.9 Å². The molecule has 0 saturated heterocycles. The molecule has 6 heteroatoms. The SMILES string of the molecule is CSc1ccc(C(=O)CCC(=O)OCC(=O)c2cc(C)n(C)c2C)cc1. The molecule has 0 aliphatic heterocycles. The van der Waals surface area contributed by atoms with Crippen LogP contribution in [0.3, 0.4) is 0 Å². The molecule has 0 amide bonds. The number of ether oxygens (including phenoxy) is 1. The van der Waals surface area contributed by atoms with Crippen LogP contribution in [0.15, 0.2) is 35.2 Å². The van der Waals surface area contributed by atoms with Crippen LogP contribution in [-0.4, -0.2) is 35.0 Å². The normalized spacial score (nSPS) is 10.6. The Hall–Kier alpha value is -2.34. The van der Waals surface area contributed by atoms with Gasteiger partial charge in [-0.15, -0.1) is 11.8 Å². The van der Waals surface area contributed by atoms with Gasteiger partial charge in [-0.2, -0.15) is 0 Å². The predicted molar refractivity (Wildman–Crippen MR) is 102 cm³/mol. The van der Waals surface area contributed by atoms with E-state index >= 15 is 0 Å². The van der Waals surface area contributed by atoms with Crippen LogP contribution in [0.4, 0.5) is 0 Å². The molecule has 26 heavy (non-hydrogen) atoms. The van der Waals surface area contributed by atoms with Crippen molar-refractivity contribution in [1.29, 1.82) is 0 Å². The van der Waals surface area contributed by atoms with Gasteiger partial charge < -0.3 is 9.30 Å². The molecule has 0 aliphatic rings. The summed E-state index contributed by atoms with van der Waals surface area (Å²) in [6, 6.07) is 9.04. The van der Waals surface area contributed by atoms with Crippen molar-refractivity contribution in [3.63, 3.8) is 0 Å². The fraction of sp³-hybridized carbons (Fsp3) is 0.350. The maximum atomic E-state index is 12.2. The molecule has 1 aromatic heterocycles. The maximum Gasteiger partial charge on any atom is 0.306 e. The Morgan fingerprint density at radius 2 is 1.69 bits per heavy atom. The van der Waals surface area contributed by atoms with E-state index in [1.807, 2.05) is 43.9 Å². The van der Waals surface area contributed by atoms with Crippen LogP contribution in [0.1, 0.15) is 44.9 Å². The van der Waals surface area contributed by atoms with Gasteiger partial charge in [0.2, 0.25) is 5.78 Å². The number of carbonyl (C=O) groups is 3. The second-order valence-corrected chi connectivity index (χ2v) is 6.96. The van der Waals surface area contributed by atoms with E-state index in [1.165, 1.54) is 0 Å². The lowest BCUT2D eigenvalue weighted by Crippen LogP contribution is -2.15. The molecule has 2 rings (SSSR count). The van der Waals surface area contributed by atoms with Crippen LogP contribution in [0.2, 0.25) is 0 Å². The fourth-order valence-electron chi connectivity index (χ4n) is 2.57. The van der Waals surface area contributed by atoms with Crippen molar-refractivity contribution < 1.29 is 19.1 Å². The van der Waals surface area contributed by atoms with Crippen molar-refractivity contribution >= 4 is 29.3 Å². The van der Waals surface area contributed by atoms with Gasteiger partial charge in [-0.25, -0.2) is 0 Å². The van der Waals surface area contributed by atoms with E-state index in [-0.39, 0.29) is 31.0 Å². The third-order valence-electron chi connectivity index (χ3n) is 4.41. The van der Waals surface area contributed by atoms with E-state index in [4.69, 9.17) is 4.74 Å². The van der Waals surface area contributed by atoms with Gasteiger partial charge in [0.25, 0.3) is 0 Å². The van der Waals surface area contributed by atoms with Gasteiger partial charge >= 0.3 is 5.97 Å². The average Bonchev–Trinajstić information content (AvgIpc) is 2.91. The molecule has 138 valence electrons. The molecule has 1 aromatic carbocycles. The highest BCUT2D eigenvalue weighted by molar-refractivity contribution is 7.98. The molecule has 0 spiro atoms. The molecule has 0 unspecified atom stereocenters. The van der Waals surface area contributed by atoms with Gasteiger partial charge in [0.15, 0.2) is 12.4 Å². The number of aromatic nitrogens is 1. The minimum atomic E-state index is -0.544. The van der Waals surface area contributed by atoms with Crippen LogP contribution >= 0.6 is 11.8 Å². The van der Waals surface area contributed by atoms with Gasteiger partial charge in [-0.3, -0.25) is 14.4 Å². The van der Waals surface area contributed by atoms with E-state index < -0.39 is 5.97 Å². The first-order valence-electron chi connectivity index (χ1n) is 8.32. The number of hydrogen-bond donors (Lipinski definition) is 0. The first-order chi connectivity index (χ1) is 12.3. The predicted octanol–water partition coefficient (Wildman–Crippen LogP) is 3.75. The lowest BCUT2D eigenvalue weighted by atomic mass is 10.1. The highest BCUT2D eigenvalue weighted by Crippen LogP contribution is 2.16. The largest absolute Gasteiger partial charge is 0.457 e. The minimum absolute atomic E-state index is 0.0385. The Bertz CT molecular complexity index is 821. The Morgan fingerprint density at radius 1 is 1.04 bits per heavy atom. The molecule has 1 heterocycles. The first-order valence-corrected chi connectivity index (χ1v) is 9.55. The molecule has 0 aliphatic carbocycles. The Labute approximate surface area is 157 Å². The summed E-state index contributed by atoms with van der Waals surface area (Å²) in [7, 11) is 1.88. The molecule has 0 fully saturated rings. The number of rotatable bonds is 8. The summed E-state index contributed by atoms with van der Waals surface area (Å²) in [6.45, 7) is 3.45. The summed E-state index contributed by atoms with van der Waals surface area (Å²) < 4.78 is 6.94. The van der Waals surface area contributed by atoms with E-state index in [1.54, 1.807) is 30.0 Å². The molecule has 5 nitrogen and oxygen atoms in total. The summed E-state index contributed by atoms with van der Waals surface area (Å²) in [5.41, 5.74) is 2.94. The molecule has 0 N–H and O–H groups in total. The van der Waals surface area contributed by atoms with E-state index in [2.05, 4.69) is 0 Å². The number of thioether (sulfide) groups is 1.